The van der Waals surface area contributed by atoms with Crippen LogP contribution in [0.1, 0.15) is 29.3 Å². The first-order chi connectivity index (χ1) is 12.2. The van der Waals surface area contributed by atoms with Crippen LogP contribution in [0, 0.1) is 5.82 Å². The van der Waals surface area contributed by atoms with Gasteiger partial charge in [0.1, 0.15) is 5.82 Å². The highest BCUT2D eigenvalue weighted by Crippen LogP contribution is 2.30. The standard InChI is InChI=1S/C18H16FN3O2S/c19-12-5-2-1-4-11(12)14-10-20-17(24-14)9-8-16(23)22-18-21-13-6-3-7-15(13)25-18/h1-2,4-5,10H,3,6-9H2,(H,21,22,23). The lowest BCUT2D eigenvalue weighted by atomic mass is 10.2. The minimum absolute atomic E-state index is 0.127. The van der Waals surface area contributed by atoms with Crippen LogP contribution in [-0.2, 0) is 24.1 Å². The van der Waals surface area contributed by atoms with E-state index in [2.05, 4.69) is 15.3 Å². The molecule has 0 aliphatic heterocycles. The Bertz CT molecular complexity index is 897. The molecule has 0 saturated heterocycles. The van der Waals surface area contributed by atoms with Gasteiger partial charge in [0, 0.05) is 17.7 Å². The smallest absolute Gasteiger partial charge is 0.226 e. The van der Waals surface area contributed by atoms with E-state index in [4.69, 9.17) is 4.42 Å². The second-order valence-electron chi connectivity index (χ2n) is 5.89. The van der Waals surface area contributed by atoms with Crippen LogP contribution in [0.4, 0.5) is 9.52 Å². The number of anilines is 1. The van der Waals surface area contributed by atoms with Gasteiger partial charge in [-0.25, -0.2) is 14.4 Å². The van der Waals surface area contributed by atoms with Gasteiger partial charge in [0.05, 0.1) is 17.5 Å². The average Bonchev–Trinajstić information content (AvgIpc) is 3.29. The van der Waals surface area contributed by atoms with Gasteiger partial charge in [0.15, 0.2) is 16.8 Å². The number of hydrogen-bond acceptors (Lipinski definition) is 5. The molecule has 0 spiro atoms. The molecule has 4 rings (SSSR count). The maximum absolute atomic E-state index is 13.8. The zero-order valence-corrected chi connectivity index (χ0v) is 14.2. The molecule has 0 saturated carbocycles. The van der Waals surface area contributed by atoms with Crippen LogP contribution in [0.15, 0.2) is 34.9 Å². The number of nitrogens with zero attached hydrogens (tertiary/aromatic N) is 2. The van der Waals surface area contributed by atoms with Crippen molar-refractivity contribution in [2.45, 2.75) is 32.1 Å². The normalized spacial score (nSPS) is 13.0. The summed E-state index contributed by atoms with van der Waals surface area (Å²) in [6.07, 6.45) is 5.27. The van der Waals surface area contributed by atoms with Crippen LogP contribution < -0.4 is 5.32 Å². The molecule has 2 heterocycles. The van der Waals surface area contributed by atoms with Crippen LogP contribution in [0.3, 0.4) is 0 Å². The van der Waals surface area contributed by atoms with E-state index in [9.17, 15) is 9.18 Å². The molecule has 3 aromatic rings. The summed E-state index contributed by atoms with van der Waals surface area (Å²) in [5.74, 6) is 0.290. The fourth-order valence-corrected chi connectivity index (χ4v) is 3.92. The van der Waals surface area contributed by atoms with Gasteiger partial charge >= 0.3 is 0 Å². The number of halogens is 1. The summed E-state index contributed by atoms with van der Waals surface area (Å²) in [5, 5.41) is 3.49. The van der Waals surface area contributed by atoms with E-state index in [1.807, 2.05) is 0 Å². The van der Waals surface area contributed by atoms with Crippen molar-refractivity contribution >= 4 is 22.4 Å². The summed E-state index contributed by atoms with van der Waals surface area (Å²) < 4.78 is 19.3. The van der Waals surface area contributed by atoms with Crippen molar-refractivity contribution in [2.24, 2.45) is 0 Å². The number of oxazole rings is 1. The van der Waals surface area contributed by atoms with E-state index in [0.717, 1.165) is 25.0 Å². The van der Waals surface area contributed by atoms with Crippen molar-refractivity contribution in [1.29, 1.82) is 0 Å². The summed E-state index contributed by atoms with van der Waals surface area (Å²) in [7, 11) is 0. The highest BCUT2D eigenvalue weighted by molar-refractivity contribution is 7.15. The van der Waals surface area contributed by atoms with Crippen molar-refractivity contribution in [3.63, 3.8) is 0 Å². The maximum Gasteiger partial charge on any atom is 0.226 e. The molecule has 1 N–H and O–H groups in total. The van der Waals surface area contributed by atoms with E-state index in [-0.39, 0.29) is 18.1 Å². The molecule has 5 nitrogen and oxygen atoms in total. The Morgan fingerprint density at radius 1 is 1.32 bits per heavy atom. The van der Waals surface area contributed by atoms with E-state index in [1.165, 1.54) is 17.1 Å². The van der Waals surface area contributed by atoms with Crippen LogP contribution in [0.2, 0.25) is 0 Å². The molecule has 1 aliphatic carbocycles. The maximum atomic E-state index is 13.8. The molecule has 0 fully saturated rings. The van der Waals surface area contributed by atoms with Gasteiger partial charge in [0.2, 0.25) is 5.91 Å². The lowest BCUT2D eigenvalue weighted by Crippen LogP contribution is -2.12. The predicted octanol–water partition coefficient (Wildman–Crippen LogP) is 4.00. The first-order valence-electron chi connectivity index (χ1n) is 8.17. The van der Waals surface area contributed by atoms with Gasteiger partial charge in [-0.05, 0) is 31.4 Å². The molecule has 7 heteroatoms. The minimum Gasteiger partial charge on any atom is -0.441 e. The number of benzene rings is 1. The number of aromatic nitrogens is 2. The van der Waals surface area contributed by atoms with Gasteiger partial charge in [-0.2, -0.15) is 0 Å². The minimum atomic E-state index is -0.361. The third kappa shape index (κ3) is 3.46. The summed E-state index contributed by atoms with van der Waals surface area (Å²) in [6.45, 7) is 0. The molecule has 2 aromatic heterocycles. The average molecular weight is 357 g/mol. The van der Waals surface area contributed by atoms with Crippen molar-refractivity contribution < 1.29 is 13.6 Å². The summed E-state index contributed by atoms with van der Waals surface area (Å²) in [4.78, 5) is 21.9. The molecule has 1 aromatic carbocycles. The van der Waals surface area contributed by atoms with Crippen LogP contribution >= 0.6 is 11.3 Å². The zero-order valence-electron chi connectivity index (χ0n) is 13.4. The third-order valence-corrected chi connectivity index (χ3v) is 5.17. The van der Waals surface area contributed by atoms with Gasteiger partial charge in [-0.15, -0.1) is 11.3 Å². The number of aryl methyl sites for hydroxylation is 3. The highest BCUT2D eigenvalue weighted by Gasteiger charge is 2.18. The molecular weight excluding hydrogens is 341 g/mol. The molecule has 25 heavy (non-hydrogen) atoms. The quantitative estimate of drug-likeness (QED) is 0.749. The van der Waals surface area contributed by atoms with Gasteiger partial charge in [-0.1, -0.05) is 12.1 Å². The third-order valence-electron chi connectivity index (χ3n) is 4.10. The zero-order chi connectivity index (χ0) is 17.2. The summed E-state index contributed by atoms with van der Waals surface area (Å²) in [6, 6.07) is 6.36. The predicted molar refractivity (Wildman–Crippen MR) is 93.0 cm³/mol. The first kappa shape index (κ1) is 16.0. The number of nitrogens with one attached hydrogen (secondary N) is 1. The van der Waals surface area contributed by atoms with Crippen molar-refractivity contribution in [2.75, 3.05) is 5.32 Å². The Balaban J connectivity index is 1.35. The molecule has 0 unspecified atom stereocenters. The largest absolute Gasteiger partial charge is 0.441 e. The number of thiazole rings is 1. The number of carbonyl (C=O) groups excluding carboxylic acids is 1. The number of amides is 1. The van der Waals surface area contributed by atoms with E-state index in [1.54, 1.807) is 29.5 Å². The fourth-order valence-electron chi connectivity index (χ4n) is 2.86. The molecule has 128 valence electrons. The molecule has 0 atom stereocenters. The monoisotopic (exact) mass is 357 g/mol. The van der Waals surface area contributed by atoms with Crippen molar-refractivity contribution in [3.8, 4) is 11.3 Å². The lowest BCUT2D eigenvalue weighted by molar-refractivity contribution is -0.116. The van der Waals surface area contributed by atoms with E-state index < -0.39 is 0 Å². The Morgan fingerprint density at radius 2 is 2.20 bits per heavy atom. The number of fused-ring (bicyclic) bond motifs is 1. The number of rotatable bonds is 5. The van der Waals surface area contributed by atoms with E-state index in [0.29, 0.717) is 28.8 Å². The highest BCUT2D eigenvalue weighted by atomic mass is 32.1. The Morgan fingerprint density at radius 3 is 3.04 bits per heavy atom. The molecular formula is C18H16FN3O2S. The fraction of sp³-hybridized carbons (Fsp3) is 0.278. The summed E-state index contributed by atoms with van der Waals surface area (Å²) in [5.41, 5.74) is 1.48. The van der Waals surface area contributed by atoms with E-state index >= 15 is 0 Å². The Hall–Kier alpha value is -2.54. The Labute approximate surface area is 147 Å². The second-order valence-corrected chi connectivity index (χ2v) is 6.97. The van der Waals surface area contributed by atoms with Crippen molar-refractivity contribution in [1.82, 2.24) is 9.97 Å². The van der Waals surface area contributed by atoms with Crippen LogP contribution in [-0.4, -0.2) is 15.9 Å². The summed E-state index contributed by atoms with van der Waals surface area (Å²) >= 11 is 1.55. The SMILES string of the molecule is O=C(CCc1ncc(-c2ccccc2F)o1)Nc1nc2c(s1)CCC2. The van der Waals surface area contributed by atoms with Gasteiger partial charge in [-0.3, -0.25) is 4.79 Å². The van der Waals surface area contributed by atoms with Crippen LogP contribution in [0.5, 0.6) is 0 Å². The topological polar surface area (TPSA) is 68.0 Å². The molecule has 1 amide bonds. The molecule has 1 aliphatic rings. The lowest BCUT2D eigenvalue weighted by Gasteiger charge is -2.00. The van der Waals surface area contributed by atoms with Crippen molar-refractivity contribution in [3.05, 3.63) is 52.7 Å². The molecule has 0 radical (unpaired) electrons. The first-order valence-corrected chi connectivity index (χ1v) is 8.99. The van der Waals surface area contributed by atoms with Gasteiger partial charge < -0.3 is 9.73 Å². The van der Waals surface area contributed by atoms with Gasteiger partial charge in [0.25, 0.3) is 0 Å². The van der Waals surface area contributed by atoms with Crippen LogP contribution in [0.25, 0.3) is 11.3 Å². The second kappa shape index (κ2) is 6.76. The number of hydrogen-bond donors (Lipinski definition) is 1. The Kier molecular flexibility index (Phi) is 4.31. The number of carbonyl (C=O) groups is 1. The molecule has 0 bridgehead atoms.